The Balaban J connectivity index is 2.23. The van der Waals surface area contributed by atoms with E-state index in [4.69, 9.17) is 23.2 Å². The van der Waals surface area contributed by atoms with Crippen molar-refractivity contribution in [3.63, 3.8) is 0 Å². The van der Waals surface area contributed by atoms with E-state index in [1.54, 1.807) is 0 Å². The minimum Gasteiger partial charge on any atom is -0.504 e. The molecule has 0 atom stereocenters. The minimum absolute atomic E-state index is 0.198. The number of benzene rings is 1. The van der Waals surface area contributed by atoms with Crippen molar-refractivity contribution < 1.29 is 14.8 Å². The number of aromatic nitrogens is 1. The van der Waals surface area contributed by atoms with Crippen LogP contribution in [0.2, 0.25) is 10.0 Å². The van der Waals surface area contributed by atoms with Crippen molar-refractivity contribution in [2.24, 2.45) is 0 Å². The number of rotatable bonds is 3. The van der Waals surface area contributed by atoms with Gasteiger partial charge >= 0.3 is 0 Å². The number of nitrogens with zero attached hydrogens (tertiary/aromatic N) is 2. The van der Waals surface area contributed by atoms with E-state index in [1.165, 1.54) is 18.2 Å². The lowest BCUT2D eigenvalue weighted by atomic mass is 10.2. The summed E-state index contributed by atoms with van der Waals surface area (Å²) < 4.78 is 0. The Bertz CT molecular complexity index is 736. The fourth-order valence-corrected chi connectivity index (χ4v) is 1.75. The number of carbonyl (C=O) groups excluding carboxylic acids is 1. The normalized spacial score (nSPS) is 10.2. The molecule has 1 heterocycles. The molecule has 1 aromatic carbocycles. The average molecular weight is 328 g/mol. The van der Waals surface area contributed by atoms with Crippen LogP contribution >= 0.6 is 23.2 Å². The lowest BCUT2D eigenvalue weighted by molar-refractivity contribution is -0.385. The second-order valence-electron chi connectivity index (χ2n) is 3.90. The molecule has 0 bridgehead atoms. The first-order valence-electron chi connectivity index (χ1n) is 5.48. The van der Waals surface area contributed by atoms with Crippen molar-refractivity contribution in [3.05, 3.63) is 56.2 Å². The fourth-order valence-electron chi connectivity index (χ4n) is 1.46. The van der Waals surface area contributed by atoms with Gasteiger partial charge in [0.15, 0.2) is 11.6 Å². The van der Waals surface area contributed by atoms with Gasteiger partial charge in [0, 0.05) is 5.56 Å². The molecule has 1 amide bonds. The highest BCUT2D eigenvalue weighted by Crippen LogP contribution is 2.26. The number of anilines is 1. The van der Waals surface area contributed by atoms with E-state index in [0.717, 1.165) is 12.3 Å². The van der Waals surface area contributed by atoms with E-state index in [9.17, 15) is 20.0 Å². The van der Waals surface area contributed by atoms with E-state index in [0.29, 0.717) is 5.02 Å². The van der Waals surface area contributed by atoms with E-state index in [2.05, 4.69) is 10.3 Å². The summed E-state index contributed by atoms with van der Waals surface area (Å²) in [7, 11) is 0. The molecule has 0 saturated carbocycles. The minimum atomic E-state index is -0.711. The zero-order valence-electron chi connectivity index (χ0n) is 10.2. The molecule has 0 spiro atoms. The van der Waals surface area contributed by atoms with Crippen molar-refractivity contribution in [2.75, 3.05) is 5.32 Å². The number of hydrogen-bond donors (Lipinski definition) is 2. The third kappa shape index (κ3) is 3.39. The standard InChI is InChI=1S/C12H7Cl2N3O4/c13-8-2-1-6(3-9(8)14)12(19)16-11-10(18)4-7(5-15-11)17(20)21/h1-5,18H,(H,15,16,19). The maximum absolute atomic E-state index is 12.0. The van der Waals surface area contributed by atoms with Gasteiger partial charge in [-0.25, -0.2) is 4.98 Å². The lowest BCUT2D eigenvalue weighted by Crippen LogP contribution is -2.13. The highest BCUT2D eigenvalue weighted by molar-refractivity contribution is 6.42. The predicted molar refractivity (Wildman–Crippen MR) is 77.0 cm³/mol. The molecule has 0 aliphatic carbocycles. The third-order valence-electron chi connectivity index (χ3n) is 2.48. The van der Waals surface area contributed by atoms with Crippen LogP contribution in [0.5, 0.6) is 5.75 Å². The predicted octanol–water partition coefficient (Wildman–Crippen LogP) is 3.25. The number of carbonyl (C=O) groups is 1. The van der Waals surface area contributed by atoms with Gasteiger partial charge in [-0.1, -0.05) is 23.2 Å². The molecule has 108 valence electrons. The molecule has 0 radical (unpaired) electrons. The second kappa shape index (κ2) is 5.94. The number of nitro groups is 1. The van der Waals surface area contributed by atoms with Crippen LogP contribution in [0.4, 0.5) is 11.5 Å². The number of halogens is 2. The van der Waals surface area contributed by atoms with Crippen LogP contribution in [0.3, 0.4) is 0 Å². The second-order valence-corrected chi connectivity index (χ2v) is 4.72. The summed E-state index contributed by atoms with van der Waals surface area (Å²) in [5.74, 6) is -1.31. The van der Waals surface area contributed by atoms with Crippen molar-refractivity contribution in [2.45, 2.75) is 0 Å². The van der Waals surface area contributed by atoms with Crippen molar-refractivity contribution in [3.8, 4) is 5.75 Å². The van der Waals surface area contributed by atoms with Crippen molar-refractivity contribution >= 4 is 40.6 Å². The van der Waals surface area contributed by atoms with E-state index in [-0.39, 0.29) is 22.1 Å². The molecule has 0 aliphatic rings. The molecule has 21 heavy (non-hydrogen) atoms. The van der Waals surface area contributed by atoms with Crippen molar-refractivity contribution in [1.29, 1.82) is 0 Å². The lowest BCUT2D eigenvalue weighted by Gasteiger charge is -2.06. The fraction of sp³-hybridized carbons (Fsp3) is 0. The van der Waals surface area contributed by atoms with Crippen LogP contribution in [0.25, 0.3) is 0 Å². The van der Waals surface area contributed by atoms with Gasteiger partial charge in [-0.15, -0.1) is 0 Å². The Kier molecular flexibility index (Phi) is 4.25. The van der Waals surface area contributed by atoms with Gasteiger partial charge in [0.2, 0.25) is 0 Å². The molecule has 1 aromatic heterocycles. The SMILES string of the molecule is O=C(Nc1ncc([N+](=O)[O-])cc1O)c1ccc(Cl)c(Cl)c1. The first-order chi connectivity index (χ1) is 9.88. The van der Waals surface area contributed by atoms with Crippen LogP contribution in [-0.2, 0) is 0 Å². The summed E-state index contributed by atoms with van der Waals surface area (Å²) in [4.78, 5) is 25.4. The highest BCUT2D eigenvalue weighted by atomic mass is 35.5. The summed E-state index contributed by atoms with van der Waals surface area (Å²) in [5.41, 5.74) is -0.191. The zero-order chi connectivity index (χ0) is 15.6. The smallest absolute Gasteiger partial charge is 0.291 e. The van der Waals surface area contributed by atoms with Gasteiger partial charge in [0.25, 0.3) is 11.6 Å². The van der Waals surface area contributed by atoms with Gasteiger partial charge in [-0.05, 0) is 18.2 Å². The molecule has 7 nitrogen and oxygen atoms in total. The van der Waals surface area contributed by atoms with E-state index >= 15 is 0 Å². The maximum atomic E-state index is 12.0. The largest absolute Gasteiger partial charge is 0.504 e. The maximum Gasteiger partial charge on any atom is 0.291 e. The Morgan fingerprint density at radius 3 is 2.57 bits per heavy atom. The van der Waals surface area contributed by atoms with Gasteiger partial charge in [0.1, 0.15) is 6.20 Å². The summed E-state index contributed by atoms with van der Waals surface area (Å²) in [5, 5.41) is 22.9. The first kappa shape index (κ1) is 15.0. The van der Waals surface area contributed by atoms with Crippen LogP contribution in [0.1, 0.15) is 10.4 Å². The van der Waals surface area contributed by atoms with Crippen molar-refractivity contribution in [1.82, 2.24) is 4.98 Å². The number of amides is 1. The highest BCUT2D eigenvalue weighted by Gasteiger charge is 2.15. The van der Waals surface area contributed by atoms with Gasteiger partial charge < -0.3 is 10.4 Å². The van der Waals surface area contributed by atoms with Crippen LogP contribution in [0.15, 0.2) is 30.5 Å². The quantitative estimate of drug-likeness (QED) is 0.664. The Morgan fingerprint density at radius 2 is 2.00 bits per heavy atom. The Hall–Kier alpha value is -2.38. The number of pyridine rings is 1. The molecule has 2 rings (SSSR count). The van der Waals surface area contributed by atoms with Gasteiger partial charge in [-0.3, -0.25) is 14.9 Å². The number of nitrogens with one attached hydrogen (secondary N) is 1. The zero-order valence-corrected chi connectivity index (χ0v) is 11.7. The summed E-state index contributed by atoms with van der Waals surface area (Å²) >= 11 is 11.5. The average Bonchev–Trinajstić information content (AvgIpc) is 2.43. The van der Waals surface area contributed by atoms with E-state index < -0.39 is 16.6 Å². The summed E-state index contributed by atoms with van der Waals surface area (Å²) in [6.45, 7) is 0. The topological polar surface area (TPSA) is 105 Å². The van der Waals surface area contributed by atoms with Gasteiger partial charge in [-0.2, -0.15) is 0 Å². The first-order valence-corrected chi connectivity index (χ1v) is 6.24. The molecule has 0 saturated heterocycles. The summed E-state index contributed by atoms with van der Waals surface area (Å²) in [6.07, 6.45) is 0.921. The van der Waals surface area contributed by atoms with Gasteiger partial charge in [0.05, 0.1) is 21.0 Å². The Morgan fingerprint density at radius 1 is 1.29 bits per heavy atom. The Labute approximate surface area is 128 Å². The third-order valence-corrected chi connectivity index (χ3v) is 3.22. The van der Waals surface area contributed by atoms with E-state index in [1.807, 2.05) is 0 Å². The number of aromatic hydroxyl groups is 1. The molecular formula is C12H7Cl2N3O4. The number of hydrogen-bond acceptors (Lipinski definition) is 5. The molecule has 2 aromatic rings. The molecule has 2 N–H and O–H groups in total. The molecule has 0 aliphatic heterocycles. The van der Waals surface area contributed by atoms with Crippen LogP contribution in [0, 0.1) is 10.1 Å². The van der Waals surface area contributed by atoms with Crippen LogP contribution < -0.4 is 5.32 Å². The monoisotopic (exact) mass is 327 g/mol. The molecule has 0 fully saturated rings. The summed E-state index contributed by atoms with van der Waals surface area (Å²) in [6, 6.07) is 5.12. The molecule has 9 heteroatoms. The molecule has 0 unspecified atom stereocenters. The van der Waals surface area contributed by atoms with Crippen LogP contribution in [-0.4, -0.2) is 20.9 Å². The molecular weight excluding hydrogens is 321 g/mol.